The fraction of sp³-hybridized carbons (Fsp3) is 0.524. The molecule has 0 bridgehead atoms. The van der Waals surface area contributed by atoms with Crippen LogP contribution in [0.2, 0.25) is 0 Å². The highest BCUT2D eigenvalue weighted by Crippen LogP contribution is 2.31. The van der Waals surface area contributed by atoms with Crippen LogP contribution in [0.1, 0.15) is 0 Å². The van der Waals surface area contributed by atoms with Gasteiger partial charge in [0.15, 0.2) is 22.5 Å². The second kappa shape index (κ2) is 9.45. The van der Waals surface area contributed by atoms with E-state index in [2.05, 4.69) is 21.2 Å². The molecule has 33 heavy (non-hydrogen) atoms. The molecule has 3 aliphatic heterocycles. The van der Waals surface area contributed by atoms with Crippen molar-refractivity contribution in [2.24, 2.45) is 4.99 Å². The van der Waals surface area contributed by atoms with Crippen LogP contribution >= 0.6 is 23.1 Å². The zero-order valence-corrected chi connectivity index (χ0v) is 20.0. The Bertz CT molecular complexity index is 1040. The lowest BCUT2D eigenvalue weighted by atomic mass is 10.1. The number of benzene rings is 1. The van der Waals surface area contributed by atoms with Gasteiger partial charge < -0.3 is 19.8 Å². The molecule has 0 saturated carbocycles. The first-order valence-corrected chi connectivity index (χ1v) is 12.8. The van der Waals surface area contributed by atoms with E-state index in [9.17, 15) is 14.7 Å². The number of nitrogens with zero attached hydrogens (tertiary/aromatic N) is 6. The van der Waals surface area contributed by atoms with Crippen LogP contribution < -0.4 is 5.32 Å². The third-order valence-electron chi connectivity index (χ3n) is 6.24. The number of carbonyl (C=O) groups excluding carboxylic acids is 2. The molecule has 12 heteroatoms. The number of imide groups is 1. The number of carbonyl (C=O) groups is 2. The number of thioether (sulfide) groups is 1. The maximum absolute atomic E-state index is 12.8. The van der Waals surface area contributed by atoms with Crippen molar-refractivity contribution in [3.63, 3.8) is 0 Å². The fourth-order valence-corrected chi connectivity index (χ4v) is 6.55. The Morgan fingerprint density at radius 1 is 1.18 bits per heavy atom. The maximum Gasteiger partial charge on any atom is 0.325 e. The summed E-state index contributed by atoms with van der Waals surface area (Å²) in [5.74, 6) is 1.22. The molecule has 176 valence electrons. The molecule has 2 N–H and O–H groups in total. The molecule has 4 heterocycles. The third-order valence-corrected chi connectivity index (χ3v) is 8.40. The van der Waals surface area contributed by atoms with Gasteiger partial charge in [0.1, 0.15) is 0 Å². The quantitative estimate of drug-likeness (QED) is 0.567. The minimum absolute atomic E-state index is 0.146. The first kappa shape index (κ1) is 22.4. The van der Waals surface area contributed by atoms with Gasteiger partial charge in [-0.3, -0.25) is 15.0 Å². The normalized spacial score (nSPS) is 23.8. The molecule has 2 saturated heterocycles. The predicted molar refractivity (Wildman–Crippen MR) is 128 cm³/mol. The minimum atomic E-state index is -0.533. The van der Waals surface area contributed by atoms with Crippen molar-refractivity contribution in [1.29, 1.82) is 0 Å². The summed E-state index contributed by atoms with van der Waals surface area (Å²) in [5, 5.41) is 11.7. The molecular weight excluding hydrogens is 462 g/mol. The van der Waals surface area contributed by atoms with Gasteiger partial charge in [0.2, 0.25) is 0 Å². The van der Waals surface area contributed by atoms with Crippen LogP contribution in [0.15, 0.2) is 33.6 Å². The van der Waals surface area contributed by atoms with Crippen molar-refractivity contribution in [3.8, 4) is 0 Å². The fourth-order valence-electron chi connectivity index (χ4n) is 4.47. The van der Waals surface area contributed by atoms with Gasteiger partial charge >= 0.3 is 6.03 Å². The lowest BCUT2D eigenvalue weighted by Crippen LogP contribution is -2.64. The van der Waals surface area contributed by atoms with Gasteiger partial charge in [-0.1, -0.05) is 23.9 Å². The van der Waals surface area contributed by atoms with Crippen LogP contribution in [-0.2, 0) is 4.79 Å². The standard InChI is InChI=1S/C21H27N7O3S2/c1-25-17-16(18(30)24-20(25)31)28(19(23-17)27-8-6-26(7-9-27)10-12-29)11-13-32-21-22-14-4-2-3-5-15(14)33-21/h2-5,16-17,29H,6-13H2,1H3,(H,24,30,31). The molecule has 0 spiro atoms. The highest BCUT2D eigenvalue weighted by atomic mass is 32.2. The highest BCUT2D eigenvalue weighted by Gasteiger charge is 2.49. The van der Waals surface area contributed by atoms with Crippen molar-refractivity contribution < 1.29 is 14.7 Å². The number of amides is 3. The average molecular weight is 490 g/mol. The molecule has 2 atom stereocenters. The van der Waals surface area contributed by atoms with Crippen molar-refractivity contribution in [1.82, 2.24) is 29.9 Å². The molecule has 3 amide bonds. The van der Waals surface area contributed by atoms with Crippen molar-refractivity contribution >= 4 is 51.2 Å². The number of nitrogens with one attached hydrogen (secondary N) is 1. The van der Waals surface area contributed by atoms with Crippen molar-refractivity contribution in [3.05, 3.63) is 24.3 Å². The third kappa shape index (κ3) is 4.39. The van der Waals surface area contributed by atoms with Crippen LogP contribution in [0.25, 0.3) is 10.2 Å². The lowest BCUT2D eigenvalue weighted by Gasteiger charge is -2.40. The number of β-amino-alcohol motifs (C(OH)–C–C–N with tert-alkyl or cyclic N) is 1. The van der Waals surface area contributed by atoms with Gasteiger partial charge in [-0.15, -0.1) is 11.3 Å². The van der Waals surface area contributed by atoms with E-state index in [4.69, 9.17) is 9.98 Å². The highest BCUT2D eigenvalue weighted by molar-refractivity contribution is 8.01. The van der Waals surface area contributed by atoms with Gasteiger partial charge in [0, 0.05) is 52.1 Å². The largest absolute Gasteiger partial charge is 0.395 e. The number of aliphatic hydroxyl groups excluding tert-OH is 1. The van der Waals surface area contributed by atoms with Crippen molar-refractivity contribution in [2.45, 2.75) is 16.5 Å². The Kier molecular flexibility index (Phi) is 6.41. The van der Waals surface area contributed by atoms with Gasteiger partial charge in [-0.25, -0.2) is 14.8 Å². The number of rotatable bonds is 6. The number of fused-ring (bicyclic) bond motifs is 2. The topological polar surface area (TPSA) is 105 Å². The van der Waals surface area contributed by atoms with Gasteiger partial charge in [0.25, 0.3) is 5.91 Å². The summed E-state index contributed by atoms with van der Waals surface area (Å²) >= 11 is 3.35. The number of guanidine groups is 1. The Balaban J connectivity index is 1.31. The van der Waals surface area contributed by atoms with E-state index in [0.717, 1.165) is 52.4 Å². The Labute approximate surface area is 200 Å². The number of aliphatic hydroxyl groups is 1. The van der Waals surface area contributed by atoms with E-state index >= 15 is 0 Å². The lowest BCUT2D eigenvalue weighted by molar-refractivity contribution is -0.127. The summed E-state index contributed by atoms with van der Waals surface area (Å²) < 4.78 is 2.17. The van der Waals surface area contributed by atoms with E-state index < -0.39 is 18.2 Å². The number of aromatic nitrogens is 1. The second-order valence-corrected chi connectivity index (χ2v) is 10.6. The van der Waals surface area contributed by atoms with Crippen LogP contribution in [0.5, 0.6) is 0 Å². The number of para-hydroxylation sites is 1. The smallest absolute Gasteiger partial charge is 0.325 e. The number of urea groups is 1. The number of hydrogen-bond donors (Lipinski definition) is 2. The Morgan fingerprint density at radius 3 is 2.73 bits per heavy atom. The zero-order valence-electron chi connectivity index (χ0n) is 18.4. The first-order valence-electron chi connectivity index (χ1n) is 11.0. The number of hydrogen-bond acceptors (Lipinski definition) is 10. The molecule has 2 unspecified atom stereocenters. The molecular formula is C21H27N7O3S2. The first-order chi connectivity index (χ1) is 16.0. The molecule has 1 aromatic carbocycles. The average Bonchev–Trinajstić information content (AvgIpc) is 3.40. The molecule has 0 aliphatic carbocycles. The molecule has 2 fully saturated rings. The summed E-state index contributed by atoms with van der Waals surface area (Å²) in [6.45, 7) is 4.60. The second-order valence-electron chi connectivity index (χ2n) is 8.23. The summed E-state index contributed by atoms with van der Waals surface area (Å²) in [5.41, 5.74) is 1.00. The molecule has 0 radical (unpaired) electrons. The number of thiazole rings is 1. The van der Waals surface area contributed by atoms with Gasteiger partial charge in [-0.05, 0) is 12.1 Å². The molecule has 5 rings (SSSR count). The Morgan fingerprint density at radius 2 is 1.97 bits per heavy atom. The molecule has 2 aromatic rings. The summed E-state index contributed by atoms with van der Waals surface area (Å²) in [6, 6.07) is 7.15. The predicted octanol–water partition coefficient (Wildman–Crippen LogP) is 0.546. The van der Waals surface area contributed by atoms with Crippen LogP contribution in [0.4, 0.5) is 4.79 Å². The van der Waals surface area contributed by atoms with Crippen molar-refractivity contribution in [2.75, 3.05) is 58.7 Å². The molecule has 1 aromatic heterocycles. The molecule has 10 nitrogen and oxygen atoms in total. The summed E-state index contributed by atoms with van der Waals surface area (Å²) in [4.78, 5) is 42.5. The Hall–Kier alpha value is -2.41. The van der Waals surface area contributed by atoms with Gasteiger partial charge in [-0.2, -0.15) is 0 Å². The monoisotopic (exact) mass is 489 g/mol. The van der Waals surface area contributed by atoms with E-state index in [1.807, 2.05) is 23.1 Å². The van der Waals surface area contributed by atoms with Crippen LogP contribution in [0, 0.1) is 0 Å². The van der Waals surface area contributed by atoms with E-state index in [1.54, 1.807) is 30.1 Å². The summed E-state index contributed by atoms with van der Waals surface area (Å²) in [6.07, 6.45) is -0.524. The van der Waals surface area contributed by atoms with E-state index in [-0.39, 0.29) is 12.5 Å². The van der Waals surface area contributed by atoms with Crippen LogP contribution in [-0.4, -0.2) is 118 Å². The van der Waals surface area contributed by atoms with Gasteiger partial charge in [0.05, 0.1) is 16.8 Å². The number of likely N-dealkylation sites (N-methyl/N-ethyl adjacent to an activating group) is 1. The zero-order chi connectivity index (χ0) is 22.9. The van der Waals surface area contributed by atoms with E-state index in [1.165, 1.54) is 4.90 Å². The summed E-state index contributed by atoms with van der Waals surface area (Å²) in [7, 11) is 1.68. The molecule has 3 aliphatic rings. The van der Waals surface area contributed by atoms with Crippen LogP contribution in [0.3, 0.4) is 0 Å². The number of aliphatic imine (C=N–C) groups is 1. The minimum Gasteiger partial charge on any atom is -0.395 e. The maximum atomic E-state index is 12.8. The number of piperazine rings is 1. The SMILES string of the molecule is CN1C(=O)NC(=O)C2C1N=C(N1CCN(CCO)CC1)N2CCSc1nc2ccccc2s1. The van der Waals surface area contributed by atoms with E-state index in [0.29, 0.717) is 13.1 Å².